The maximum atomic E-state index is 13.7. The molecule has 0 spiro atoms. The second-order valence-corrected chi connectivity index (χ2v) is 6.36. The number of imide groups is 1. The average Bonchev–Trinajstić information content (AvgIpc) is 2.97. The van der Waals surface area contributed by atoms with E-state index in [4.69, 9.17) is 9.47 Å². The molecular weight excluding hydrogens is 379 g/mol. The van der Waals surface area contributed by atoms with Gasteiger partial charge in [0, 0.05) is 13.6 Å². The van der Waals surface area contributed by atoms with Crippen LogP contribution < -0.4 is 14.4 Å². The molecular formula is C21H21FN2O5. The molecule has 2 amide bonds. The fourth-order valence-corrected chi connectivity index (χ4v) is 3.24. The first kappa shape index (κ1) is 20.3. The summed E-state index contributed by atoms with van der Waals surface area (Å²) in [5.74, 6) is -0.881. The van der Waals surface area contributed by atoms with Crippen molar-refractivity contribution < 1.29 is 28.6 Å². The van der Waals surface area contributed by atoms with Crippen molar-refractivity contribution in [1.29, 1.82) is 0 Å². The van der Waals surface area contributed by atoms with E-state index in [1.807, 2.05) is 0 Å². The lowest BCUT2D eigenvalue weighted by Gasteiger charge is -2.20. The maximum Gasteiger partial charge on any atom is 0.282 e. The number of aliphatic hydroxyl groups excluding tert-OH is 1. The second-order valence-electron chi connectivity index (χ2n) is 6.36. The molecule has 29 heavy (non-hydrogen) atoms. The van der Waals surface area contributed by atoms with Gasteiger partial charge in [0.1, 0.15) is 11.5 Å². The zero-order valence-corrected chi connectivity index (χ0v) is 16.3. The van der Waals surface area contributed by atoms with Crippen molar-refractivity contribution in [2.45, 2.75) is 0 Å². The molecule has 0 aliphatic carbocycles. The van der Waals surface area contributed by atoms with Gasteiger partial charge in [-0.15, -0.1) is 0 Å². The van der Waals surface area contributed by atoms with Crippen LogP contribution in [0.15, 0.2) is 48.2 Å². The van der Waals surface area contributed by atoms with Gasteiger partial charge in [0.15, 0.2) is 11.5 Å². The van der Waals surface area contributed by atoms with Gasteiger partial charge < -0.3 is 19.5 Å². The number of likely N-dealkylation sites (N-methyl/N-ethyl adjacent to an activating group) is 1. The first-order valence-electron chi connectivity index (χ1n) is 8.86. The molecule has 1 aliphatic rings. The van der Waals surface area contributed by atoms with E-state index < -0.39 is 17.6 Å². The first-order valence-corrected chi connectivity index (χ1v) is 8.86. The molecule has 1 N–H and O–H groups in total. The number of hydrogen-bond donors (Lipinski definition) is 1. The summed E-state index contributed by atoms with van der Waals surface area (Å²) in [7, 11) is 4.56. The standard InChI is InChI=1S/C21H21FN2O5/c1-23(9-10-25)19-18(13-7-8-16(28-2)17(11-13)29-3)20(26)24(21(19)27)15-6-4-5-14(22)12-15/h4-8,11-12,25H,9-10H2,1-3H3. The third-order valence-corrected chi connectivity index (χ3v) is 4.62. The van der Waals surface area contributed by atoms with Crippen molar-refractivity contribution in [2.24, 2.45) is 0 Å². The highest BCUT2D eigenvalue weighted by atomic mass is 19.1. The lowest BCUT2D eigenvalue weighted by Crippen LogP contribution is -2.34. The van der Waals surface area contributed by atoms with Crippen LogP contribution in [0.2, 0.25) is 0 Å². The predicted octanol–water partition coefficient (Wildman–Crippen LogP) is 2.05. The number of hydrogen-bond acceptors (Lipinski definition) is 6. The van der Waals surface area contributed by atoms with Crippen LogP contribution >= 0.6 is 0 Å². The zero-order valence-electron chi connectivity index (χ0n) is 16.3. The molecule has 8 heteroatoms. The quantitative estimate of drug-likeness (QED) is 0.717. The van der Waals surface area contributed by atoms with E-state index in [2.05, 4.69) is 0 Å². The summed E-state index contributed by atoms with van der Waals surface area (Å²) >= 11 is 0. The third-order valence-electron chi connectivity index (χ3n) is 4.62. The van der Waals surface area contributed by atoms with Crippen LogP contribution in [0.3, 0.4) is 0 Å². The molecule has 0 bridgehead atoms. The molecule has 2 aromatic carbocycles. The molecule has 7 nitrogen and oxygen atoms in total. The molecule has 0 unspecified atom stereocenters. The summed E-state index contributed by atoms with van der Waals surface area (Å²) in [4.78, 5) is 28.9. The van der Waals surface area contributed by atoms with E-state index in [0.29, 0.717) is 17.1 Å². The summed E-state index contributed by atoms with van der Waals surface area (Å²) in [6.45, 7) is -0.0667. The van der Waals surface area contributed by atoms with Crippen LogP contribution in [0.4, 0.5) is 10.1 Å². The number of ether oxygens (including phenoxy) is 2. The summed E-state index contributed by atoms with van der Waals surface area (Å²) < 4.78 is 24.3. The minimum Gasteiger partial charge on any atom is -0.493 e. The van der Waals surface area contributed by atoms with Gasteiger partial charge >= 0.3 is 0 Å². The molecule has 0 saturated carbocycles. The Morgan fingerprint density at radius 1 is 1.03 bits per heavy atom. The van der Waals surface area contributed by atoms with Crippen molar-refractivity contribution in [2.75, 3.05) is 39.3 Å². The number of methoxy groups -OCH3 is 2. The summed E-state index contributed by atoms with van der Waals surface area (Å²) in [5, 5.41) is 9.32. The monoisotopic (exact) mass is 400 g/mol. The number of carbonyl (C=O) groups excluding carboxylic acids is 2. The van der Waals surface area contributed by atoms with E-state index in [-0.39, 0.29) is 30.1 Å². The van der Waals surface area contributed by atoms with Crippen LogP contribution in [0.1, 0.15) is 5.56 Å². The van der Waals surface area contributed by atoms with Crippen LogP contribution in [0, 0.1) is 5.82 Å². The van der Waals surface area contributed by atoms with Crippen molar-refractivity contribution in [1.82, 2.24) is 4.90 Å². The van der Waals surface area contributed by atoms with Gasteiger partial charge in [-0.2, -0.15) is 0 Å². The second kappa shape index (κ2) is 8.32. The molecule has 0 atom stereocenters. The molecule has 0 radical (unpaired) electrons. The minimum absolute atomic E-state index is 0.112. The zero-order chi connectivity index (χ0) is 21.1. The molecule has 152 valence electrons. The highest BCUT2D eigenvalue weighted by molar-refractivity contribution is 6.45. The number of carbonyl (C=O) groups is 2. The lowest BCUT2D eigenvalue weighted by atomic mass is 10.0. The Kier molecular flexibility index (Phi) is 5.84. The Morgan fingerprint density at radius 2 is 1.76 bits per heavy atom. The van der Waals surface area contributed by atoms with E-state index in [9.17, 15) is 19.1 Å². The number of aliphatic hydroxyl groups is 1. The van der Waals surface area contributed by atoms with Gasteiger partial charge in [-0.25, -0.2) is 9.29 Å². The van der Waals surface area contributed by atoms with Crippen molar-refractivity contribution in [3.05, 3.63) is 59.5 Å². The fourth-order valence-electron chi connectivity index (χ4n) is 3.24. The molecule has 0 fully saturated rings. The number of benzene rings is 2. The lowest BCUT2D eigenvalue weighted by molar-refractivity contribution is -0.120. The van der Waals surface area contributed by atoms with E-state index in [1.165, 1.54) is 37.3 Å². The van der Waals surface area contributed by atoms with E-state index >= 15 is 0 Å². The Hall–Kier alpha value is -3.39. The summed E-state index contributed by atoms with van der Waals surface area (Å²) in [6.07, 6.45) is 0. The Morgan fingerprint density at radius 3 is 2.38 bits per heavy atom. The first-order chi connectivity index (χ1) is 13.9. The molecule has 0 aromatic heterocycles. The number of amides is 2. The van der Waals surface area contributed by atoms with Gasteiger partial charge in [0.25, 0.3) is 11.8 Å². The third kappa shape index (κ3) is 3.66. The van der Waals surface area contributed by atoms with Gasteiger partial charge in [-0.1, -0.05) is 12.1 Å². The summed E-state index contributed by atoms with van der Waals surface area (Å²) in [5.41, 5.74) is 0.821. The number of halogens is 1. The van der Waals surface area contributed by atoms with Crippen LogP contribution in [0.25, 0.3) is 5.57 Å². The predicted molar refractivity (Wildman–Crippen MR) is 105 cm³/mol. The van der Waals surface area contributed by atoms with Crippen LogP contribution in [-0.2, 0) is 9.59 Å². The van der Waals surface area contributed by atoms with Gasteiger partial charge in [0.2, 0.25) is 0 Å². The highest BCUT2D eigenvalue weighted by Gasteiger charge is 2.42. The Bertz CT molecular complexity index is 989. The normalized spacial score (nSPS) is 13.9. The average molecular weight is 400 g/mol. The van der Waals surface area contributed by atoms with Crippen molar-refractivity contribution in [3.63, 3.8) is 0 Å². The fraction of sp³-hybridized carbons (Fsp3) is 0.238. The molecule has 1 aliphatic heterocycles. The Balaban J connectivity index is 2.16. The smallest absolute Gasteiger partial charge is 0.282 e. The topological polar surface area (TPSA) is 79.3 Å². The van der Waals surface area contributed by atoms with Crippen molar-refractivity contribution >= 4 is 23.1 Å². The van der Waals surface area contributed by atoms with E-state index in [1.54, 1.807) is 25.2 Å². The van der Waals surface area contributed by atoms with Crippen molar-refractivity contribution in [3.8, 4) is 11.5 Å². The van der Waals surface area contributed by atoms with Crippen LogP contribution in [-0.4, -0.2) is 56.2 Å². The van der Waals surface area contributed by atoms with E-state index in [0.717, 1.165) is 11.0 Å². The van der Waals surface area contributed by atoms with Gasteiger partial charge in [0.05, 0.1) is 32.1 Å². The van der Waals surface area contributed by atoms with Gasteiger partial charge in [-0.05, 0) is 35.9 Å². The minimum atomic E-state index is -0.596. The Labute approximate surface area is 167 Å². The molecule has 1 heterocycles. The molecule has 3 rings (SSSR count). The van der Waals surface area contributed by atoms with Crippen LogP contribution in [0.5, 0.6) is 11.5 Å². The molecule has 0 saturated heterocycles. The van der Waals surface area contributed by atoms with Gasteiger partial charge in [-0.3, -0.25) is 9.59 Å². The number of nitrogens with zero attached hydrogens (tertiary/aromatic N) is 2. The SMILES string of the molecule is COc1ccc(C2=C(N(C)CCO)C(=O)N(c3cccc(F)c3)C2=O)cc1OC. The molecule has 2 aromatic rings. The maximum absolute atomic E-state index is 13.7. The highest BCUT2D eigenvalue weighted by Crippen LogP contribution is 2.37. The number of rotatable bonds is 7. The largest absolute Gasteiger partial charge is 0.493 e. The summed E-state index contributed by atoms with van der Waals surface area (Å²) in [6, 6.07) is 10.1. The number of anilines is 1.